The predicted molar refractivity (Wildman–Crippen MR) is 79.8 cm³/mol. The highest BCUT2D eigenvalue weighted by Gasteiger charge is 2.11. The van der Waals surface area contributed by atoms with Gasteiger partial charge in [0.2, 0.25) is 0 Å². The lowest BCUT2D eigenvalue weighted by atomic mass is 10.0. The van der Waals surface area contributed by atoms with Crippen LogP contribution in [0.3, 0.4) is 0 Å². The molecule has 0 saturated carbocycles. The summed E-state index contributed by atoms with van der Waals surface area (Å²) >= 11 is 0. The van der Waals surface area contributed by atoms with Crippen LogP contribution in [0.4, 0.5) is 4.39 Å². The van der Waals surface area contributed by atoms with E-state index in [1.807, 2.05) is 19.2 Å². The van der Waals surface area contributed by atoms with Gasteiger partial charge in [-0.1, -0.05) is 32.4 Å². The second-order valence-electron chi connectivity index (χ2n) is 5.46. The minimum absolute atomic E-state index is 0.174. The van der Waals surface area contributed by atoms with Gasteiger partial charge in [0.05, 0.1) is 0 Å². The molecule has 0 saturated heterocycles. The molecule has 3 heteroatoms. The van der Waals surface area contributed by atoms with E-state index in [0.29, 0.717) is 6.04 Å². The van der Waals surface area contributed by atoms with E-state index in [0.717, 1.165) is 31.0 Å². The van der Waals surface area contributed by atoms with E-state index in [1.165, 1.54) is 18.6 Å². The van der Waals surface area contributed by atoms with Crippen molar-refractivity contribution in [3.8, 4) is 0 Å². The number of nitrogens with zero attached hydrogens (tertiary/aromatic N) is 1. The molecule has 0 amide bonds. The zero-order valence-electron chi connectivity index (χ0n) is 12.6. The van der Waals surface area contributed by atoms with E-state index in [9.17, 15) is 4.39 Å². The minimum Gasteiger partial charge on any atom is -0.313 e. The van der Waals surface area contributed by atoms with Crippen molar-refractivity contribution >= 4 is 0 Å². The highest BCUT2D eigenvalue weighted by Crippen LogP contribution is 2.17. The minimum atomic E-state index is -0.174. The molecular weight excluding hydrogens is 239 g/mol. The Hall–Kier alpha value is -0.930. The molecule has 0 heterocycles. The molecule has 1 N–H and O–H groups in total. The maximum atomic E-state index is 12.9. The number of benzene rings is 1. The third kappa shape index (κ3) is 5.70. The normalized spacial score (nSPS) is 14.6. The molecule has 19 heavy (non-hydrogen) atoms. The average molecular weight is 266 g/mol. The third-order valence-electron chi connectivity index (χ3n) is 3.74. The fraction of sp³-hybridized carbons (Fsp3) is 0.625. The van der Waals surface area contributed by atoms with E-state index in [4.69, 9.17) is 0 Å². The molecule has 0 aliphatic carbocycles. The predicted octanol–water partition coefficient (Wildman–Crippen LogP) is 3.45. The summed E-state index contributed by atoms with van der Waals surface area (Å²) in [4.78, 5) is 2.38. The van der Waals surface area contributed by atoms with Crippen molar-refractivity contribution in [3.05, 3.63) is 35.6 Å². The van der Waals surface area contributed by atoms with Gasteiger partial charge in [-0.15, -0.1) is 0 Å². The van der Waals surface area contributed by atoms with Crippen LogP contribution in [0.15, 0.2) is 24.3 Å². The Bertz CT molecular complexity index is 350. The van der Waals surface area contributed by atoms with Crippen molar-refractivity contribution in [2.24, 2.45) is 5.92 Å². The Morgan fingerprint density at radius 1 is 1.26 bits per heavy atom. The molecular formula is C16H27FN2. The third-order valence-corrected chi connectivity index (χ3v) is 3.74. The number of hydrogen-bond acceptors (Lipinski definition) is 2. The molecule has 0 aliphatic heterocycles. The van der Waals surface area contributed by atoms with Crippen LogP contribution in [0.1, 0.15) is 38.3 Å². The molecule has 2 unspecified atom stereocenters. The number of hydrogen-bond donors (Lipinski definition) is 1. The highest BCUT2D eigenvalue weighted by atomic mass is 19.1. The summed E-state index contributed by atoms with van der Waals surface area (Å²) in [6.45, 7) is 6.70. The Labute approximate surface area is 117 Å². The zero-order chi connectivity index (χ0) is 14.3. The van der Waals surface area contributed by atoms with E-state index in [-0.39, 0.29) is 5.82 Å². The van der Waals surface area contributed by atoms with Crippen LogP contribution in [0.25, 0.3) is 0 Å². The average Bonchev–Trinajstić information content (AvgIpc) is 2.41. The van der Waals surface area contributed by atoms with Crippen LogP contribution in [0.5, 0.6) is 0 Å². The second kappa shape index (κ2) is 8.28. The Kier molecular flexibility index (Phi) is 7.03. The molecule has 1 aromatic carbocycles. The van der Waals surface area contributed by atoms with Crippen LogP contribution < -0.4 is 5.32 Å². The van der Waals surface area contributed by atoms with E-state index in [1.54, 1.807) is 0 Å². The van der Waals surface area contributed by atoms with Gasteiger partial charge < -0.3 is 10.2 Å². The summed E-state index contributed by atoms with van der Waals surface area (Å²) in [5.74, 6) is 0.566. The molecule has 0 aliphatic rings. The summed E-state index contributed by atoms with van der Waals surface area (Å²) in [5, 5.41) is 3.31. The summed E-state index contributed by atoms with van der Waals surface area (Å²) in [7, 11) is 4.13. The summed E-state index contributed by atoms with van der Waals surface area (Å²) in [6, 6.07) is 7.08. The van der Waals surface area contributed by atoms with Gasteiger partial charge in [-0.2, -0.15) is 0 Å². The van der Waals surface area contributed by atoms with Crippen LogP contribution in [0.2, 0.25) is 0 Å². The highest BCUT2D eigenvalue weighted by molar-refractivity contribution is 5.19. The van der Waals surface area contributed by atoms with Gasteiger partial charge in [0.1, 0.15) is 5.82 Å². The largest absolute Gasteiger partial charge is 0.313 e. The lowest BCUT2D eigenvalue weighted by Gasteiger charge is -2.24. The topological polar surface area (TPSA) is 15.3 Å². The maximum Gasteiger partial charge on any atom is 0.123 e. The zero-order valence-corrected chi connectivity index (χ0v) is 12.6. The quantitative estimate of drug-likeness (QED) is 0.775. The summed E-state index contributed by atoms with van der Waals surface area (Å²) in [5.41, 5.74) is 1.15. The van der Waals surface area contributed by atoms with Gasteiger partial charge in [-0.05, 0) is 50.7 Å². The molecule has 0 spiro atoms. The first-order chi connectivity index (χ1) is 9.06. The van der Waals surface area contributed by atoms with E-state index in [2.05, 4.69) is 31.1 Å². The molecule has 2 nitrogen and oxygen atoms in total. The molecule has 0 bridgehead atoms. The van der Waals surface area contributed by atoms with Crippen molar-refractivity contribution in [2.45, 2.75) is 32.7 Å². The first kappa shape index (κ1) is 16.1. The van der Waals surface area contributed by atoms with Gasteiger partial charge in [-0.3, -0.25) is 0 Å². The smallest absolute Gasteiger partial charge is 0.123 e. The number of halogens is 1. The van der Waals surface area contributed by atoms with Gasteiger partial charge in [-0.25, -0.2) is 4.39 Å². The molecule has 2 atom stereocenters. The molecule has 1 rings (SSSR count). The maximum absolute atomic E-state index is 12.9. The SMILES string of the molecule is CCC(C)CN(C)CCC(NC)c1ccc(F)cc1. The van der Waals surface area contributed by atoms with E-state index < -0.39 is 0 Å². The van der Waals surface area contributed by atoms with Crippen LogP contribution >= 0.6 is 0 Å². The van der Waals surface area contributed by atoms with Crippen molar-refractivity contribution < 1.29 is 4.39 Å². The molecule has 0 aromatic heterocycles. The lowest BCUT2D eigenvalue weighted by molar-refractivity contribution is 0.268. The molecule has 108 valence electrons. The summed E-state index contributed by atoms with van der Waals surface area (Å²) in [6.07, 6.45) is 2.26. The monoisotopic (exact) mass is 266 g/mol. The second-order valence-corrected chi connectivity index (χ2v) is 5.46. The van der Waals surface area contributed by atoms with Crippen molar-refractivity contribution in [2.75, 3.05) is 27.2 Å². The fourth-order valence-electron chi connectivity index (χ4n) is 2.27. The standard InChI is InChI=1S/C16H27FN2/c1-5-13(2)12-19(4)11-10-16(18-3)14-6-8-15(17)9-7-14/h6-9,13,16,18H,5,10-12H2,1-4H3. The lowest BCUT2D eigenvalue weighted by Crippen LogP contribution is -2.28. The van der Waals surface area contributed by atoms with Crippen LogP contribution in [-0.2, 0) is 0 Å². The number of rotatable bonds is 8. The molecule has 1 aromatic rings. The Balaban J connectivity index is 2.46. The Morgan fingerprint density at radius 3 is 2.42 bits per heavy atom. The molecule has 0 radical (unpaired) electrons. The fourth-order valence-corrected chi connectivity index (χ4v) is 2.27. The first-order valence-electron chi connectivity index (χ1n) is 7.18. The van der Waals surface area contributed by atoms with Gasteiger partial charge >= 0.3 is 0 Å². The van der Waals surface area contributed by atoms with Crippen LogP contribution in [0, 0.1) is 11.7 Å². The van der Waals surface area contributed by atoms with E-state index >= 15 is 0 Å². The van der Waals surface area contributed by atoms with Gasteiger partial charge in [0, 0.05) is 12.6 Å². The van der Waals surface area contributed by atoms with Gasteiger partial charge in [0.25, 0.3) is 0 Å². The molecule has 0 fully saturated rings. The van der Waals surface area contributed by atoms with Gasteiger partial charge in [0.15, 0.2) is 0 Å². The number of nitrogens with one attached hydrogen (secondary N) is 1. The Morgan fingerprint density at radius 2 is 1.89 bits per heavy atom. The first-order valence-corrected chi connectivity index (χ1v) is 7.18. The van der Waals surface area contributed by atoms with Crippen molar-refractivity contribution in [3.63, 3.8) is 0 Å². The van der Waals surface area contributed by atoms with Crippen molar-refractivity contribution in [1.82, 2.24) is 10.2 Å². The summed E-state index contributed by atoms with van der Waals surface area (Å²) < 4.78 is 12.9. The van der Waals surface area contributed by atoms with Crippen molar-refractivity contribution in [1.29, 1.82) is 0 Å². The van der Waals surface area contributed by atoms with Crippen LogP contribution in [-0.4, -0.2) is 32.1 Å².